The van der Waals surface area contributed by atoms with Crippen LogP contribution in [-0.2, 0) is 22.5 Å². The van der Waals surface area contributed by atoms with Crippen molar-refractivity contribution < 1.29 is 17.6 Å². The molecule has 0 bridgehead atoms. The highest BCUT2D eigenvalue weighted by Gasteiger charge is 2.52. The third-order valence-corrected chi connectivity index (χ3v) is 8.10. The van der Waals surface area contributed by atoms with Crippen molar-refractivity contribution in [3.63, 3.8) is 0 Å². The van der Waals surface area contributed by atoms with Crippen LogP contribution in [0.1, 0.15) is 27.4 Å². The fourth-order valence-electron chi connectivity index (χ4n) is 4.00. The van der Waals surface area contributed by atoms with E-state index in [9.17, 15) is 17.6 Å². The number of imidazole rings is 1. The summed E-state index contributed by atoms with van der Waals surface area (Å²) in [6, 6.07) is 7.65. The number of amides is 1. The molecular weight excluding hydrogens is 469 g/mol. The van der Waals surface area contributed by atoms with Gasteiger partial charge in [-0.1, -0.05) is 11.6 Å². The number of hydrogen-bond acceptors (Lipinski definition) is 5. The Morgan fingerprint density at radius 3 is 2.58 bits per heavy atom. The molecule has 3 aromatic rings. The molecule has 174 valence electrons. The summed E-state index contributed by atoms with van der Waals surface area (Å²) in [5, 5.41) is 3.39. The number of rotatable bonds is 6. The summed E-state index contributed by atoms with van der Waals surface area (Å²) < 4.78 is 43.7. The first-order valence-corrected chi connectivity index (χ1v) is 12.0. The van der Waals surface area contributed by atoms with Gasteiger partial charge in [0.25, 0.3) is 15.9 Å². The maximum absolute atomic E-state index is 14.7. The molecular formula is C22H23ClFN5O3S. The fourth-order valence-corrected chi connectivity index (χ4v) is 5.99. The lowest BCUT2D eigenvalue weighted by Gasteiger charge is -2.48. The molecule has 11 heteroatoms. The summed E-state index contributed by atoms with van der Waals surface area (Å²) >= 11 is 5.97. The van der Waals surface area contributed by atoms with Crippen LogP contribution >= 0.6 is 11.6 Å². The summed E-state index contributed by atoms with van der Waals surface area (Å²) in [6.07, 6.45) is 2.75. The van der Waals surface area contributed by atoms with E-state index < -0.39 is 21.3 Å². The van der Waals surface area contributed by atoms with E-state index in [2.05, 4.69) is 15.3 Å². The molecule has 1 fully saturated rings. The highest BCUT2D eigenvalue weighted by molar-refractivity contribution is 7.89. The lowest BCUT2D eigenvalue weighted by molar-refractivity contribution is 0.0894. The molecule has 1 aromatic carbocycles. The van der Waals surface area contributed by atoms with Gasteiger partial charge in [0, 0.05) is 43.5 Å². The Kier molecular flexibility index (Phi) is 6.02. The Morgan fingerprint density at radius 1 is 1.24 bits per heavy atom. The first-order chi connectivity index (χ1) is 15.5. The maximum Gasteiger partial charge on any atom is 0.260 e. The Labute approximate surface area is 196 Å². The van der Waals surface area contributed by atoms with Gasteiger partial charge in [-0.25, -0.2) is 17.8 Å². The normalized spacial score (nSPS) is 15.8. The summed E-state index contributed by atoms with van der Waals surface area (Å²) in [4.78, 5) is 21.1. The molecule has 1 aliphatic rings. The Morgan fingerprint density at radius 2 is 1.97 bits per heavy atom. The highest BCUT2D eigenvalue weighted by atomic mass is 35.5. The number of carbonyl (C=O) groups is 1. The second-order valence-electron chi connectivity index (χ2n) is 8.23. The van der Waals surface area contributed by atoms with E-state index in [-0.39, 0.29) is 36.3 Å². The molecule has 3 heterocycles. The molecule has 4 rings (SSSR count). The van der Waals surface area contributed by atoms with Gasteiger partial charge in [0.15, 0.2) is 5.03 Å². The van der Waals surface area contributed by atoms with Gasteiger partial charge in [0.1, 0.15) is 11.6 Å². The zero-order valence-electron chi connectivity index (χ0n) is 18.3. The van der Waals surface area contributed by atoms with Crippen LogP contribution < -0.4 is 5.32 Å². The topological polar surface area (TPSA) is 97.2 Å². The first kappa shape index (κ1) is 23.3. The number of carbonyl (C=O) groups excluding carboxylic acids is 1. The van der Waals surface area contributed by atoms with Crippen molar-refractivity contribution >= 4 is 27.5 Å². The maximum atomic E-state index is 14.7. The van der Waals surface area contributed by atoms with Gasteiger partial charge in [0.2, 0.25) is 0 Å². The predicted molar refractivity (Wildman–Crippen MR) is 121 cm³/mol. The van der Waals surface area contributed by atoms with Crippen molar-refractivity contribution in [1.82, 2.24) is 24.2 Å². The molecule has 1 N–H and O–H groups in total. The van der Waals surface area contributed by atoms with Crippen molar-refractivity contribution in [3.05, 3.63) is 76.2 Å². The van der Waals surface area contributed by atoms with Crippen LogP contribution in [0.5, 0.6) is 0 Å². The van der Waals surface area contributed by atoms with Gasteiger partial charge in [-0.15, -0.1) is 0 Å². The number of nitrogens with one attached hydrogen (secondary N) is 1. The summed E-state index contributed by atoms with van der Waals surface area (Å²) in [5.74, 6) is -0.354. The monoisotopic (exact) mass is 491 g/mol. The van der Waals surface area contributed by atoms with Crippen LogP contribution in [0.3, 0.4) is 0 Å². The molecule has 0 saturated carbocycles. The first-order valence-electron chi connectivity index (χ1n) is 10.2. The zero-order valence-corrected chi connectivity index (χ0v) is 19.9. The van der Waals surface area contributed by atoms with E-state index in [4.69, 9.17) is 11.6 Å². The van der Waals surface area contributed by atoms with Crippen molar-refractivity contribution in [2.24, 2.45) is 7.05 Å². The Balaban J connectivity index is 1.60. The largest absolute Gasteiger partial charge is 0.351 e. The van der Waals surface area contributed by atoms with Crippen LogP contribution in [0, 0.1) is 19.7 Å². The third-order valence-electron chi connectivity index (χ3n) is 6.02. The van der Waals surface area contributed by atoms with Gasteiger partial charge in [-0.2, -0.15) is 4.31 Å². The molecule has 33 heavy (non-hydrogen) atoms. The van der Waals surface area contributed by atoms with Crippen LogP contribution in [0.2, 0.25) is 5.02 Å². The smallest absolute Gasteiger partial charge is 0.260 e. The molecule has 1 aliphatic heterocycles. The molecule has 0 unspecified atom stereocenters. The molecule has 0 radical (unpaired) electrons. The Hall–Kier alpha value is -2.82. The molecule has 0 atom stereocenters. The number of pyridine rings is 1. The molecule has 1 amide bonds. The average Bonchev–Trinajstić information content (AvgIpc) is 3.07. The third kappa shape index (κ3) is 4.14. The number of sulfonamides is 1. The quantitative estimate of drug-likeness (QED) is 0.571. The summed E-state index contributed by atoms with van der Waals surface area (Å²) in [7, 11) is -2.23. The van der Waals surface area contributed by atoms with E-state index in [0.717, 1.165) is 0 Å². The second kappa shape index (κ2) is 8.51. The van der Waals surface area contributed by atoms with E-state index in [1.165, 1.54) is 33.4 Å². The number of aryl methyl sites for hydroxylation is 2. The average molecular weight is 492 g/mol. The van der Waals surface area contributed by atoms with Crippen LogP contribution in [-0.4, -0.2) is 52.8 Å². The number of hydrogen-bond donors (Lipinski definition) is 1. The van der Waals surface area contributed by atoms with Gasteiger partial charge in [0.05, 0.1) is 17.3 Å². The SMILES string of the molecule is Cc1cc(Cl)ccc1C(=O)NCC1(c2ncccc2F)CN(S(=O)(=O)c2cnc(C)n2C)C1. The molecule has 8 nitrogen and oxygen atoms in total. The lowest BCUT2D eigenvalue weighted by atomic mass is 9.77. The van der Waals surface area contributed by atoms with Crippen LogP contribution in [0.4, 0.5) is 4.39 Å². The zero-order chi connectivity index (χ0) is 24.0. The van der Waals surface area contributed by atoms with Crippen molar-refractivity contribution in [3.8, 4) is 0 Å². The van der Waals surface area contributed by atoms with Crippen molar-refractivity contribution in [2.45, 2.75) is 24.3 Å². The predicted octanol–water partition coefficient (Wildman–Crippen LogP) is 2.60. The number of halogens is 2. The molecule has 0 spiro atoms. The fraction of sp³-hybridized carbons (Fsp3) is 0.318. The minimum Gasteiger partial charge on any atom is -0.351 e. The van der Waals surface area contributed by atoms with E-state index in [1.807, 2.05) is 0 Å². The van der Waals surface area contributed by atoms with E-state index >= 15 is 0 Å². The number of nitrogens with zero attached hydrogens (tertiary/aromatic N) is 4. The van der Waals surface area contributed by atoms with E-state index in [0.29, 0.717) is 22.0 Å². The van der Waals surface area contributed by atoms with Gasteiger partial charge in [-0.05, 0) is 49.7 Å². The van der Waals surface area contributed by atoms with Crippen LogP contribution in [0.15, 0.2) is 47.8 Å². The summed E-state index contributed by atoms with van der Waals surface area (Å²) in [6.45, 7) is 3.42. The minimum atomic E-state index is -3.85. The Bertz CT molecular complexity index is 1340. The standard InChI is InChI=1S/C22H23ClFN5O3S/c1-14-9-16(23)6-7-17(14)21(30)27-11-22(20-18(24)5-4-8-25-20)12-29(13-22)33(31,32)19-10-26-15(2)28(19)3/h4-10H,11-13H2,1-3H3,(H,27,30). The van der Waals surface area contributed by atoms with Gasteiger partial charge < -0.3 is 9.88 Å². The number of aromatic nitrogens is 3. The number of benzene rings is 1. The second-order valence-corrected chi connectivity index (χ2v) is 10.6. The highest BCUT2D eigenvalue weighted by Crippen LogP contribution is 2.38. The molecule has 1 saturated heterocycles. The van der Waals surface area contributed by atoms with Crippen molar-refractivity contribution in [1.29, 1.82) is 0 Å². The minimum absolute atomic E-state index is 0.0122. The van der Waals surface area contributed by atoms with Crippen LogP contribution in [0.25, 0.3) is 0 Å². The molecule has 0 aliphatic carbocycles. The van der Waals surface area contributed by atoms with E-state index in [1.54, 1.807) is 39.1 Å². The molecule has 2 aromatic heterocycles. The summed E-state index contributed by atoms with van der Waals surface area (Å²) in [5.41, 5.74) is 0.237. The van der Waals surface area contributed by atoms with Gasteiger partial charge >= 0.3 is 0 Å². The van der Waals surface area contributed by atoms with Gasteiger partial charge in [-0.3, -0.25) is 9.78 Å². The lowest BCUT2D eigenvalue weighted by Crippen LogP contribution is -2.65. The van der Waals surface area contributed by atoms with Crippen molar-refractivity contribution in [2.75, 3.05) is 19.6 Å².